The number of benzene rings is 2. The van der Waals surface area contributed by atoms with Gasteiger partial charge in [-0.25, -0.2) is 0 Å². The van der Waals surface area contributed by atoms with Crippen molar-refractivity contribution in [2.45, 2.75) is 36.8 Å². The maximum atomic E-state index is 6.12. The standard InChI is InChI=1S/C21H23ClN4S/c22-19-10-6-9-18(13-19)16-27-21-24-23-20(15-25-11-4-5-12-25)26(21)14-17-7-2-1-3-8-17/h1-3,6-10,13H,4-5,11-12,14-16H2. The van der Waals surface area contributed by atoms with Gasteiger partial charge in [-0.3, -0.25) is 4.90 Å². The summed E-state index contributed by atoms with van der Waals surface area (Å²) in [6, 6.07) is 18.5. The molecule has 1 fully saturated rings. The lowest BCUT2D eigenvalue weighted by Gasteiger charge is -2.16. The Morgan fingerprint density at radius 2 is 1.67 bits per heavy atom. The Balaban J connectivity index is 1.54. The summed E-state index contributed by atoms with van der Waals surface area (Å²) in [5.74, 6) is 1.88. The van der Waals surface area contributed by atoms with E-state index >= 15 is 0 Å². The highest BCUT2D eigenvalue weighted by atomic mass is 35.5. The third-order valence-corrected chi connectivity index (χ3v) is 6.07. The van der Waals surface area contributed by atoms with Gasteiger partial charge in [0.05, 0.1) is 13.1 Å². The molecule has 4 nitrogen and oxygen atoms in total. The normalized spacial score (nSPS) is 14.7. The van der Waals surface area contributed by atoms with E-state index in [1.165, 1.54) is 24.0 Å². The Bertz CT molecular complexity index is 875. The zero-order valence-corrected chi connectivity index (χ0v) is 16.8. The molecule has 0 aliphatic carbocycles. The van der Waals surface area contributed by atoms with Crippen LogP contribution in [0.1, 0.15) is 29.8 Å². The van der Waals surface area contributed by atoms with Gasteiger partial charge in [0.25, 0.3) is 0 Å². The minimum absolute atomic E-state index is 0.772. The van der Waals surface area contributed by atoms with Crippen LogP contribution in [0.4, 0.5) is 0 Å². The fourth-order valence-corrected chi connectivity index (χ4v) is 4.50. The molecule has 1 saturated heterocycles. The van der Waals surface area contributed by atoms with Crippen molar-refractivity contribution >= 4 is 23.4 Å². The fraction of sp³-hybridized carbons (Fsp3) is 0.333. The van der Waals surface area contributed by atoms with E-state index in [2.05, 4.69) is 56.1 Å². The summed E-state index contributed by atoms with van der Waals surface area (Å²) >= 11 is 7.84. The van der Waals surface area contributed by atoms with Crippen LogP contribution < -0.4 is 0 Å². The Hall–Kier alpha value is -1.82. The predicted molar refractivity (Wildman–Crippen MR) is 111 cm³/mol. The highest BCUT2D eigenvalue weighted by Gasteiger charge is 2.18. The molecular weight excluding hydrogens is 376 g/mol. The van der Waals surface area contributed by atoms with Crippen molar-refractivity contribution in [1.82, 2.24) is 19.7 Å². The maximum Gasteiger partial charge on any atom is 0.191 e. The van der Waals surface area contributed by atoms with Gasteiger partial charge in [0.15, 0.2) is 5.16 Å². The molecule has 0 N–H and O–H groups in total. The molecule has 3 aromatic rings. The SMILES string of the molecule is Clc1cccc(CSc2nnc(CN3CCCC3)n2Cc2ccccc2)c1. The number of hydrogen-bond acceptors (Lipinski definition) is 4. The van der Waals surface area contributed by atoms with Crippen LogP contribution in [-0.4, -0.2) is 32.8 Å². The molecule has 140 valence electrons. The summed E-state index contributed by atoms with van der Waals surface area (Å²) in [6.07, 6.45) is 2.56. The van der Waals surface area contributed by atoms with Crippen LogP contribution in [0.3, 0.4) is 0 Å². The lowest BCUT2D eigenvalue weighted by atomic mass is 10.2. The minimum Gasteiger partial charge on any atom is -0.300 e. The minimum atomic E-state index is 0.772. The quantitative estimate of drug-likeness (QED) is 0.532. The Morgan fingerprint density at radius 1 is 0.889 bits per heavy atom. The van der Waals surface area contributed by atoms with Crippen molar-refractivity contribution < 1.29 is 0 Å². The second kappa shape index (κ2) is 8.91. The highest BCUT2D eigenvalue weighted by molar-refractivity contribution is 7.98. The third kappa shape index (κ3) is 4.92. The summed E-state index contributed by atoms with van der Waals surface area (Å²) in [5, 5.41) is 10.8. The van der Waals surface area contributed by atoms with Gasteiger partial charge in [0, 0.05) is 10.8 Å². The van der Waals surface area contributed by atoms with Crippen LogP contribution in [0.25, 0.3) is 0 Å². The third-order valence-electron chi connectivity index (χ3n) is 4.80. The van der Waals surface area contributed by atoms with Gasteiger partial charge in [-0.15, -0.1) is 10.2 Å². The van der Waals surface area contributed by atoms with E-state index in [1.807, 2.05) is 18.2 Å². The molecule has 1 aliphatic heterocycles. The monoisotopic (exact) mass is 398 g/mol. The fourth-order valence-electron chi connectivity index (χ4n) is 3.38. The van der Waals surface area contributed by atoms with Gasteiger partial charge >= 0.3 is 0 Å². The van der Waals surface area contributed by atoms with Crippen molar-refractivity contribution in [3.63, 3.8) is 0 Å². The Morgan fingerprint density at radius 3 is 2.44 bits per heavy atom. The van der Waals surface area contributed by atoms with Gasteiger partial charge < -0.3 is 4.57 Å². The van der Waals surface area contributed by atoms with E-state index in [-0.39, 0.29) is 0 Å². The molecule has 1 aromatic heterocycles. The Labute approximate surface area is 169 Å². The van der Waals surface area contributed by atoms with Gasteiger partial charge in [0.2, 0.25) is 0 Å². The first kappa shape index (κ1) is 18.5. The first-order valence-electron chi connectivity index (χ1n) is 9.33. The summed E-state index contributed by atoms with van der Waals surface area (Å²) in [6.45, 7) is 3.98. The van der Waals surface area contributed by atoms with Crippen LogP contribution in [0, 0.1) is 0 Å². The van der Waals surface area contributed by atoms with E-state index in [1.54, 1.807) is 11.8 Å². The van der Waals surface area contributed by atoms with E-state index in [0.29, 0.717) is 0 Å². The maximum absolute atomic E-state index is 6.12. The average Bonchev–Trinajstić information content (AvgIpc) is 3.32. The second-order valence-electron chi connectivity index (χ2n) is 6.87. The van der Waals surface area contributed by atoms with Crippen LogP contribution in [-0.2, 0) is 18.8 Å². The second-order valence-corrected chi connectivity index (χ2v) is 8.25. The zero-order valence-electron chi connectivity index (χ0n) is 15.2. The molecular formula is C21H23ClN4S. The molecule has 0 atom stereocenters. The number of thioether (sulfide) groups is 1. The molecule has 0 radical (unpaired) electrons. The molecule has 0 unspecified atom stereocenters. The van der Waals surface area contributed by atoms with E-state index in [9.17, 15) is 0 Å². The van der Waals surface area contributed by atoms with Crippen molar-refractivity contribution in [1.29, 1.82) is 0 Å². The van der Waals surface area contributed by atoms with E-state index in [4.69, 9.17) is 11.6 Å². The van der Waals surface area contributed by atoms with Crippen molar-refractivity contribution in [2.24, 2.45) is 0 Å². The lowest BCUT2D eigenvalue weighted by molar-refractivity contribution is 0.316. The Kier molecular flexibility index (Phi) is 6.12. The molecule has 0 spiro atoms. The molecule has 6 heteroatoms. The van der Waals surface area contributed by atoms with Gasteiger partial charge in [-0.2, -0.15) is 0 Å². The topological polar surface area (TPSA) is 34.0 Å². The summed E-state index contributed by atoms with van der Waals surface area (Å²) in [4.78, 5) is 2.47. The zero-order chi connectivity index (χ0) is 18.5. The summed E-state index contributed by atoms with van der Waals surface area (Å²) in [7, 11) is 0. The molecule has 27 heavy (non-hydrogen) atoms. The largest absolute Gasteiger partial charge is 0.300 e. The molecule has 0 bridgehead atoms. The predicted octanol–water partition coefficient (Wildman–Crippen LogP) is 4.87. The van der Waals surface area contributed by atoms with Gasteiger partial charge in [0.1, 0.15) is 5.82 Å². The van der Waals surface area contributed by atoms with Crippen LogP contribution in [0.15, 0.2) is 59.8 Å². The summed E-state index contributed by atoms with van der Waals surface area (Å²) < 4.78 is 2.27. The molecule has 0 saturated carbocycles. The molecule has 2 aromatic carbocycles. The van der Waals surface area contributed by atoms with Gasteiger partial charge in [-0.05, 0) is 49.2 Å². The number of nitrogens with zero attached hydrogens (tertiary/aromatic N) is 4. The van der Waals surface area contributed by atoms with Crippen LogP contribution in [0.5, 0.6) is 0 Å². The molecule has 2 heterocycles. The van der Waals surface area contributed by atoms with E-state index in [0.717, 1.165) is 47.9 Å². The van der Waals surface area contributed by atoms with Crippen molar-refractivity contribution in [3.8, 4) is 0 Å². The number of rotatable bonds is 7. The van der Waals surface area contributed by atoms with Gasteiger partial charge in [-0.1, -0.05) is 65.8 Å². The van der Waals surface area contributed by atoms with Crippen LogP contribution in [0.2, 0.25) is 5.02 Å². The molecule has 4 rings (SSSR count). The first-order valence-corrected chi connectivity index (χ1v) is 10.7. The number of hydrogen-bond donors (Lipinski definition) is 0. The summed E-state index contributed by atoms with van der Waals surface area (Å²) in [5.41, 5.74) is 2.47. The highest BCUT2D eigenvalue weighted by Crippen LogP contribution is 2.25. The lowest BCUT2D eigenvalue weighted by Crippen LogP contribution is -2.21. The first-order chi connectivity index (χ1) is 13.3. The van der Waals surface area contributed by atoms with E-state index < -0.39 is 0 Å². The molecule has 1 aliphatic rings. The van der Waals surface area contributed by atoms with Crippen molar-refractivity contribution in [3.05, 3.63) is 76.6 Å². The number of aromatic nitrogens is 3. The van der Waals surface area contributed by atoms with Crippen molar-refractivity contribution in [2.75, 3.05) is 13.1 Å². The number of likely N-dealkylation sites (tertiary alicyclic amines) is 1. The molecule has 0 amide bonds. The van der Waals surface area contributed by atoms with Crippen LogP contribution >= 0.6 is 23.4 Å². The average molecular weight is 399 g/mol. The smallest absolute Gasteiger partial charge is 0.191 e. The number of halogens is 1.